The van der Waals surface area contributed by atoms with E-state index in [1.807, 2.05) is 18.2 Å². The third-order valence-electron chi connectivity index (χ3n) is 3.89. The van der Waals surface area contributed by atoms with Gasteiger partial charge in [0.05, 0.1) is 0 Å². The Bertz CT molecular complexity index is 394. The van der Waals surface area contributed by atoms with E-state index in [9.17, 15) is 0 Å². The smallest absolute Gasteiger partial charge is 0.125 e. The number of ether oxygens (including phenoxy) is 1. The van der Waals surface area contributed by atoms with Gasteiger partial charge in [-0.1, -0.05) is 35.3 Å². The van der Waals surface area contributed by atoms with Gasteiger partial charge in [-0.3, -0.25) is 0 Å². The number of hydrogen-bond acceptors (Lipinski definition) is 2. The predicted molar refractivity (Wildman–Crippen MR) is 78.7 cm³/mol. The summed E-state index contributed by atoms with van der Waals surface area (Å²) >= 11 is 3.50. The van der Waals surface area contributed by atoms with Crippen molar-refractivity contribution in [2.45, 2.75) is 51.7 Å². The van der Waals surface area contributed by atoms with E-state index in [0.29, 0.717) is 18.6 Å². The fraction of sp³-hybridized carbons (Fsp3) is 0.600. The fourth-order valence-electron chi connectivity index (χ4n) is 2.77. The molecule has 3 heteroatoms. The minimum Gasteiger partial charge on any atom is -0.490 e. The fourth-order valence-corrected chi connectivity index (χ4v) is 3.11. The second kappa shape index (κ2) is 6.58. The normalized spacial score (nSPS) is 23.9. The van der Waals surface area contributed by atoms with Gasteiger partial charge in [-0.15, -0.1) is 0 Å². The lowest BCUT2D eigenvalue weighted by Gasteiger charge is -2.31. The van der Waals surface area contributed by atoms with E-state index in [4.69, 9.17) is 10.5 Å². The van der Waals surface area contributed by atoms with Crippen LogP contribution < -0.4 is 10.5 Å². The molecule has 100 valence electrons. The molecular weight excluding hydrogens is 290 g/mol. The number of hydrogen-bond donors (Lipinski definition) is 1. The van der Waals surface area contributed by atoms with Crippen molar-refractivity contribution in [1.29, 1.82) is 0 Å². The van der Waals surface area contributed by atoms with Crippen LogP contribution in [0.5, 0.6) is 5.75 Å². The molecule has 0 aliphatic heterocycles. The first kappa shape index (κ1) is 13.9. The van der Waals surface area contributed by atoms with Crippen LogP contribution in [0.4, 0.5) is 0 Å². The van der Waals surface area contributed by atoms with E-state index in [-0.39, 0.29) is 0 Å². The summed E-state index contributed by atoms with van der Waals surface area (Å²) in [5.74, 6) is 1.65. The molecule has 0 aromatic heterocycles. The molecule has 0 heterocycles. The zero-order valence-corrected chi connectivity index (χ0v) is 12.6. The maximum Gasteiger partial charge on any atom is 0.125 e. The highest BCUT2D eigenvalue weighted by molar-refractivity contribution is 9.10. The van der Waals surface area contributed by atoms with Gasteiger partial charge in [-0.25, -0.2) is 0 Å². The van der Waals surface area contributed by atoms with Crippen LogP contribution >= 0.6 is 15.9 Å². The SMILES string of the molecule is CCC1CCCCC1Oc1cc(Br)ccc1CN. The molecule has 1 aromatic carbocycles. The lowest BCUT2D eigenvalue weighted by molar-refractivity contribution is 0.0894. The topological polar surface area (TPSA) is 35.2 Å². The zero-order chi connectivity index (χ0) is 13.0. The summed E-state index contributed by atoms with van der Waals surface area (Å²) < 4.78 is 7.31. The number of rotatable bonds is 4. The Morgan fingerprint density at radius 1 is 1.33 bits per heavy atom. The summed E-state index contributed by atoms with van der Waals surface area (Å²) in [6, 6.07) is 6.11. The van der Waals surface area contributed by atoms with Gasteiger partial charge < -0.3 is 10.5 Å². The molecule has 1 aromatic rings. The van der Waals surface area contributed by atoms with E-state index in [1.54, 1.807) is 0 Å². The van der Waals surface area contributed by atoms with Crippen molar-refractivity contribution in [3.8, 4) is 5.75 Å². The molecule has 2 atom stereocenters. The van der Waals surface area contributed by atoms with Gasteiger partial charge in [0.15, 0.2) is 0 Å². The van der Waals surface area contributed by atoms with Crippen LogP contribution in [0.2, 0.25) is 0 Å². The van der Waals surface area contributed by atoms with Crippen LogP contribution in [0.1, 0.15) is 44.6 Å². The molecule has 1 aliphatic carbocycles. The van der Waals surface area contributed by atoms with Gasteiger partial charge in [-0.2, -0.15) is 0 Å². The first-order valence-electron chi connectivity index (χ1n) is 6.89. The second-order valence-electron chi connectivity index (χ2n) is 5.07. The zero-order valence-electron chi connectivity index (χ0n) is 11.0. The van der Waals surface area contributed by atoms with E-state index < -0.39 is 0 Å². The highest BCUT2D eigenvalue weighted by Gasteiger charge is 2.25. The summed E-state index contributed by atoms with van der Waals surface area (Å²) in [6.45, 7) is 2.79. The summed E-state index contributed by atoms with van der Waals surface area (Å²) in [7, 11) is 0. The predicted octanol–water partition coefficient (Wildman–Crippen LogP) is 4.26. The molecule has 1 saturated carbocycles. The Labute approximate surface area is 118 Å². The van der Waals surface area contributed by atoms with Crippen molar-refractivity contribution >= 4 is 15.9 Å². The Kier molecular flexibility index (Phi) is 5.07. The van der Waals surface area contributed by atoms with Gasteiger partial charge in [-0.05, 0) is 43.7 Å². The van der Waals surface area contributed by atoms with E-state index in [2.05, 4.69) is 22.9 Å². The number of nitrogens with two attached hydrogens (primary N) is 1. The summed E-state index contributed by atoms with van der Waals surface area (Å²) in [6.07, 6.45) is 6.68. The molecule has 0 bridgehead atoms. The van der Waals surface area contributed by atoms with Crippen LogP contribution in [-0.2, 0) is 6.54 Å². The maximum atomic E-state index is 6.25. The van der Waals surface area contributed by atoms with Gasteiger partial charge >= 0.3 is 0 Å². The van der Waals surface area contributed by atoms with E-state index in [0.717, 1.165) is 15.8 Å². The van der Waals surface area contributed by atoms with Crippen LogP contribution in [0.15, 0.2) is 22.7 Å². The van der Waals surface area contributed by atoms with Crippen LogP contribution in [0.3, 0.4) is 0 Å². The van der Waals surface area contributed by atoms with Crippen molar-refractivity contribution in [2.24, 2.45) is 11.7 Å². The third kappa shape index (κ3) is 3.27. The second-order valence-corrected chi connectivity index (χ2v) is 5.98. The highest BCUT2D eigenvalue weighted by Crippen LogP contribution is 2.32. The Balaban J connectivity index is 2.14. The lowest BCUT2D eigenvalue weighted by Crippen LogP contribution is -2.30. The maximum absolute atomic E-state index is 6.25. The molecule has 0 spiro atoms. The standard InChI is InChI=1S/C15H22BrNO/c1-2-11-5-3-4-6-14(11)18-15-9-13(16)8-7-12(15)10-17/h7-9,11,14H,2-6,10,17H2,1H3. The Hall–Kier alpha value is -0.540. The largest absolute Gasteiger partial charge is 0.490 e. The molecule has 0 amide bonds. The molecule has 1 fully saturated rings. The van der Waals surface area contributed by atoms with E-state index in [1.165, 1.54) is 32.1 Å². The highest BCUT2D eigenvalue weighted by atomic mass is 79.9. The number of benzene rings is 1. The van der Waals surface area contributed by atoms with Crippen molar-refractivity contribution < 1.29 is 4.74 Å². The Morgan fingerprint density at radius 2 is 2.11 bits per heavy atom. The van der Waals surface area contributed by atoms with Crippen molar-refractivity contribution in [3.63, 3.8) is 0 Å². The van der Waals surface area contributed by atoms with Crippen molar-refractivity contribution in [2.75, 3.05) is 0 Å². The van der Waals surface area contributed by atoms with Crippen LogP contribution in [0, 0.1) is 5.92 Å². The van der Waals surface area contributed by atoms with Gasteiger partial charge in [0.2, 0.25) is 0 Å². The molecule has 2 rings (SSSR count). The molecular formula is C15H22BrNO. The molecule has 0 radical (unpaired) electrons. The summed E-state index contributed by atoms with van der Waals surface area (Å²) in [4.78, 5) is 0. The molecule has 2 unspecified atom stereocenters. The quantitative estimate of drug-likeness (QED) is 0.902. The monoisotopic (exact) mass is 311 g/mol. The molecule has 0 saturated heterocycles. The lowest BCUT2D eigenvalue weighted by atomic mass is 9.84. The van der Waals surface area contributed by atoms with Crippen LogP contribution in [-0.4, -0.2) is 6.10 Å². The molecule has 2 nitrogen and oxygen atoms in total. The Morgan fingerprint density at radius 3 is 2.83 bits per heavy atom. The minimum atomic E-state index is 0.364. The molecule has 18 heavy (non-hydrogen) atoms. The van der Waals surface area contributed by atoms with Gasteiger partial charge in [0.1, 0.15) is 11.9 Å². The van der Waals surface area contributed by atoms with Crippen molar-refractivity contribution in [3.05, 3.63) is 28.2 Å². The van der Waals surface area contributed by atoms with Crippen LogP contribution in [0.25, 0.3) is 0 Å². The van der Waals surface area contributed by atoms with E-state index >= 15 is 0 Å². The van der Waals surface area contributed by atoms with Crippen molar-refractivity contribution in [1.82, 2.24) is 0 Å². The summed E-state index contributed by atoms with van der Waals surface area (Å²) in [5.41, 5.74) is 6.87. The van der Waals surface area contributed by atoms with Gasteiger partial charge in [0.25, 0.3) is 0 Å². The minimum absolute atomic E-state index is 0.364. The number of halogens is 1. The first-order valence-corrected chi connectivity index (χ1v) is 7.69. The summed E-state index contributed by atoms with van der Waals surface area (Å²) in [5, 5.41) is 0. The first-order chi connectivity index (χ1) is 8.74. The average molecular weight is 312 g/mol. The third-order valence-corrected chi connectivity index (χ3v) is 4.38. The molecule has 2 N–H and O–H groups in total. The average Bonchev–Trinajstić information content (AvgIpc) is 2.40. The van der Waals surface area contributed by atoms with Gasteiger partial charge in [0, 0.05) is 16.6 Å². The molecule has 1 aliphatic rings.